The molecule has 1 unspecified atom stereocenters. The Morgan fingerprint density at radius 1 is 1.59 bits per heavy atom. The zero-order valence-electron chi connectivity index (χ0n) is 9.34. The quantitative estimate of drug-likeness (QED) is 0.646. The molecule has 1 fully saturated rings. The third-order valence-electron chi connectivity index (χ3n) is 3.05. The van der Waals surface area contributed by atoms with Gasteiger partial charge in [-0.05, 0) is 18.8 Å². The molecule has 0 saturated carbocycles. The Kier molecular flexibility index (Phi) is 3.91. The van der Waals surface area contributed by atoms with E-state index in [2.05, 4.69) is 9.97 Å². The molecule has 2 heterocycles. The molecule has 0 aromatic carbocycles. The molecule has 1 saturated heterocycles. The largest absolute Gasteiger partial charge is 0.396 e. The van der Waals surface area contributed by atoms with Gasteiger partial charge in [-0.2, -0.15) is 0 Å². The number of aliphatic hydroxyl groups is 1. The van der Waals surface area contributed by atoms with E-state index < -0.39 is 0 Å². The average molecular weight is 256 g/mol. The number of aliphatic hydroxyl groups excluding tert-OH is 1. The van der Waals surface area contributed by atoms with Gasteiger partial charge in [0.05, 0.1) is 5.56 Å². The van der Waals surface area contributed by atoms with Crippen LogP contribution in [0.3, 0.4) is 0 Å². The number of hydrogen-bond acceptors (Lipinski definition) is 5. The minimum Gasteiger partial charge on any atom is -0.396 e. The fourth-order valence-corrected chi connectivity index (χ4v) is 2.33. The highest BCUT2D eigenvalue weighted by Gasteiger charge is 2.25. The van der Waals surface area contributed by atoms with Crippen LogP contribution in [0.2, 0.25) is 5.15 Å². The van der Waals surface area contributed by atoms with Gasteiger partial charge >= 0.3 is 0 Å². The molecular formula is C11H14ClN3O2. The number of nitrogens with zero attached hydrogens (tertiary/aromatic N) is 3. The summed E-state index contributed by atoms with van der Waals surface area (Å²) in [5.74, 6) is 1.05. The predicted molar refractivity (Wildman–Crippen MR) is 64.5 cm³/mol. The Hall–Kier alpha value is -1.20. The lowest BCUT2D eigenvalue weighted by atomic mass is 10.1. The second-order valence-electron chi connectivity index (χ2n) is 4.13. The van der Waals surface area contributed by atoms with Gasteiger partial charge in [0.1, 0.15) is 17.3 Å². The maximum Gasteiger partial charge on any atom is 0.156 e. The number of anilines is 1. The molecule has 1 aromatic heterocycles. The van der Waals surface area contributed by atoms with Crippen LogP contribution in [0, 0.1) is 5.92 Å². The molecule has 2 rings (SSSR count). The van der Waals surface area contributed by atoms with Crippen molar-refractivity contribution >= 4 is 23.7 Å². The molecule has 0 bridgehead atoms. The first-order valence-corrected chi connectivity index (χ1v) is 5.95. The summed E-state index contributed by atoms with van der Waals surface area (Å²) in [5, 5.41) is 9.10. The van der Waals surface area contributed by atoms with Crippen molar-refractivity contribution in [3.05, 3.63) is 17.0 Å². The lowest BCUT2D eigenvalue weighted by Crippen LogP contribution is -2.22. The SMILES string of the molecule is O=Cc1c(Cl)ncnc1N1CCC(CCO)C1. The molecular weight excluding hydrogens is 242 g/mol. The van der Waals surface area contributed by atoms with E-state index in [4.69, 9.17) is 16.7 Å². The predicted octanol–water partition coefficient (Wildman–Crippen LogP) is 1.15. The topological polar surface area (TPSA) is 66.3 Å². The third-order valence-corrected chi connectivity index (χ3v) is 3.36. The number of aromatic nitrogens is 2. The first kappa shape index (κ1) is 12.3. The summed E-state index contributed by atoms with van der Waals surface area (Å²) in [6.07, 6.45) is 3.84. The van der Waals surface area contributed by atoms with Crippen LogP contribution in [0.25, 0.3) is 0 Å². The molecule has 1 atom stereocenters. The van der Waals surface area contributed by atoms with E-state index >= 15 is 0 Å². The molecule has 5 nitrogen and oxygen atoms in total. The molecule has 1 aromatic rings. The maximum absolute atomic E-state index is 11.0. The van der Waals surface area contributed by atoms with Crippen LogP contribution in [-0.2, 0) is 0 Å². The average Bonchev–Trinajstić information content (AvgIpc) is 2.78. The van der Waals surface area contributed by atoms with Crippen LogP contribution >= 0.6 is 11.6 Å². The van der Waals surface area contributed by atoms with Crippen molar-refractivity contribution in [1.29, 1.82) is 0 Å². The van der Waals surface area contributed by atoms with Crippen molar-refractivity contribution in [1.82, 2.24) is 9.97 Å². The number of carbonyl (C=O) groups excluding carboxylic acids is 1. The van der Waals surface area contributed by atoms with Gasteiger partial charge in [0, 0.05) is 19.7 Å². The lowest BCUT2D eigenvalue weighted by Gasteiger charge is -2.18. The van der Waals surface area contributed by atoms with E-state index in [1.807, 2.05) is 4.90 Å². The van der Waals surface area contributed by atoms with Gasteiger partial charge < -0.3 is 10.0 Å². The van der Waals surface area contributed by atoms with E-state index in [9.17, 15) is 4.79 Å². The molecule has 1 aliphatic heterocycles. The number of carbonyl (C=O) groups is 1. The van der Waals surface area contributed by atoms with E-state index in [1.54, 1.807) is 0 Å². The summed E-state index contributed by atoms with van der Waals surface area (Å²) in [4.78, 5) is 20.9. The summed E-state index contributed by atoms with van der Waals surface area (Å²) >= 11 is 5.86. The summed E-state index contributed by atoms with van der Waals surface area (Å²) < 4.78 is 0. The summed E-state index contributed by atoms with van der Waals surface area (Å²) in [5.41, 5.74) is 0.346. The zero-order valence-corrected chi connectivity index (χ0v) is 10.1. The highest BCUT2D eigenvalue weighted by atomic mass is 35.5. The van der Waals surface area contributed by atoms with Gasteiger partial charge in [-0.3, -0.25) is 4.79 Å². The Balaban J connectivity index is 2.18. The van der Waals surface area contributed by atoms with Crippen LogP contribution in [-0.4, -0.2) is 41.1 Å². The summed E-state index contributed by atoms with van der Waals surface area (Å²) in [6.45, 7) is 1.83. The molecule has 17 heavy (non-hydrogen) atoms. The lowest BCUT2D eigenvalue weighted by molar-refractivity contribution is 0.112. The van der Waals surface area contributed by atoms with Crippen molar-refractivity contribution in [3.8, 4) is 0 Å². The van der Waals surface area contributed by atoms with Crippen LogP contribution in [0.4, 0.5) is 5.82 Å². The number of aldehydes is 1. The molecule has 0 aliphatic carbocycles. The summed E-state index contributed by atoms with van der Waals surface area (Å²) in [7, 11) is 0. The van der Waals surface area contributed by atoms with Crippen molar-refractivity contribution in [2.24, 2.45) is 5.92 Å². The molecule has 0 amide bonds. The van der Waals surface area contributed by atoms with Crippen LogP contribution in [0.15, 0.2) is 6.33 Å². The van der Waals surface area contributed by atoms with E-state index in [1.165, 1.54) is 6.33 Å². The smallest absolute Gasteiger partial charge is 0.156 e. The fourth-order valence-electron chi connectivity index (χ4n) is 2.16. The highest BCUT2D eigenvalue weighted by Crippen LogP contribution is 2.28. The minimum atomic E-state index is 0.190. The van der Waals surface area contributed by atoms with E-state index in [0.29, 0.717) is 23.6 Å². The first-order valence-electron chi connectivity index (χ1n) is 5.57. The normalized spacial score (nSPS) is 19.6. The molecule has 0 radical (unpaired) electrons. The first-order chi connectivity index (χ1) is 8.26. The van der Waals surface area contributed by atoms with Crippen molar-refractivity contribution < 1.29 is 9.90 Å². The Bertz CT molecular complexity index is 414. The number of rotatable bonds is 4. The monoisotopic (exact) mass is 255 g/mol. The number of halogens is 1. The highest BCUT2D eigenvalue weighted by molar-refractivity contribution is 6.32. The molecule has 1 N–H and O–H groups in total. The minimum absolute atomic E-state index is 0.190. The van der Waals surface area contributed by atoms with Gasteiger partial charge in [0.2, 0.25) is 0 Å². The van der Waals surface area contributed by atoms with Crippen LogP contribution in [0.1, 0.15) is 23.2 Å². The second-order valence-corrected chi connectivity index (χ2v) is 4.49. The van der Waals surface area contributed by atoms with Gasteiger partial charge in [-0.1, -0.05) is 11.6 Å². The van der Waals surface area contributed by atoms with Gasteiger partial charge in [0.25, 0.3) is 0 Å². The summed E-state index contributed by atoms with van der Waals surface area (Å²) in [6, 6.07) is 0. The fraction of sp³-hybridized carbons (Fsp3) is 0.545. The molecule has 92 valence electrons. The molecule has 0 spiro atoms. The number of hydrogen-bond donors (Lipinski definition) is 1. The van der Waals surface area contributed by atoms with Gasteiger partial charge in [0.15, 0.2) is 6.29 Å². The third kappa shape index (κ3) is 2.56. The Morgan fingerprint density at radius 2 is 2.41 bits per heavy atom. The van der Waals surface area contributed by atoms with E-state index in [0.717, 1.165) is 25.9 Å². The zero-order chi connectivity index (χ0) is 12.3. The second kappa shape index (κ2) is 5.42. The van der Waals surface area contributed by atoms with Crippen LogP contribution < -0.4 is 4.90 Å². The maximum atomic E-state index is 11.0. The van der Waals surface area contributed by atoms with Gasteiger partial charge in [-0.15, -0.1) is 0 Å². The standard InChI is InChI=1S/C11H14ClN3O2/c12-10-9(6-17)11(14-7-13-10)15-3-1-8(5-15)2-4-16/h6-8,16H,1-5H2. The van der Waals surface area contributed by atoms with Crippen molar-refractivity contribution in [2.75, 3.05) is 24.6 Å². The van der Waals surface area contributed by atoms with Crippen molar-refractivity contribution in [3.63, 3.8) is 0 Å². The van der Waals surface area contributed by atoms with E-state index in [-0.39, 0.29) is 11.8 Å². The Morgan fingerprint density at radius 3 is 3.12 bits per heavy atom. The Labute approximate surface area is 104 Å². The van der Waals surface area contributed by atoms with Crippen LogP contribution in [0.5, 0.6) is 0 Å². The van der Waals surface area contributed by atoms with Crippen molar-refractivity contribution in [2.45, 2.75) is 12.8 Å². The molecule has 6 heteroatoms. The molecule has 1 aliphatic rings. The van der Waals surface area contributed by atoms with Gasteiger partial charge in [-0.25, -0.2) is 9.97 Å².